The van der Waals surface area contributed by atoms with Crippen LogP contribution >= 0.6 is 0 Å². The summed E-state index contributed by atoms with van der Waals surface area (Å²) in [5.74, 6) is 0. The zero-order valence-corrected chi connectivity index (χ0v) is 41.4. The van der Waals surface area contributed by atoms with Gasteiger partial charge in [0.1, 0.15) is 0 Å². The van der Waals surface area contributed by atoms with Crippen molar-refractivity contribution < 1.29 is 0 Å². The van der Waals surface area contributed by atoms with Gasteiger partial charge in [0.25, 0.3) is 0 Å². The third-order valence-corrected chi connectivity index (χ3v) is 16.0. The first-order chi connectivity index (χ1) is 37.2. The Kier molecular flexibility index (Phi) is 10.7. The second-order valence-electron chi connectivity index (χ2n) is 19.9. The standard InChI is InChI=1S/C74H51N/c1-7-23-52(24-8-1)55-47-56(53-25-9-2-10-26-53)49-57(48-55)54-39-41-62(42-40-54)75(63-44-46-71-68(50-63)66-36-20-22-38-70(66)73(71,58-27-11-3-12-28-58)59-29-13-4-14-30-59)64-43-45-67-65-35-19-21-37-69(65)74(72(67)51-64,60-31-15-5-16-32-60)61-33-17-6-18-34-61/h1-51H. The molecule has 0 fully saturated rings. The molecule has 0 bridgehead atoms. The molecule has 0 aromatic heterocycles. The highest BCUT2D eigenvalue weighted by molar-refractivity contribution is 5.93. The van der Waals surface area contributed by atoms with E-state index in [0.717, 1.165) is 22.6 Å². The average molecular weight is 954 g/mol. The SMILES string of the molecule is c1ccc(-c2cc(-c3ccccc3)cc(-c3ccc(N(c4ccc5c(c4)-c4ccccc4C5(c4ccccc4)c4ccccc4)c4ccc5c(c4)C(c4ccccc4)(c4ccccc4)c4ccccc4-5)cc3)c2)cc1. The molecule has 0 saturated heterocycles. The van der Waals surface area contributed by atoms with Crippen LogP contribution in [-0.2, 0) is 10.8 Å². The van der Waals surface area contributed by atoms with Crippen LogP contribution in [-0.4, -0.2) is 0 Å². The summed E-state index contributed by atoms with van der Waals surface area (Å²) >= 11 is 0. The van der Waals surface area contributed by atoms with E-state index in [9.17, 15) is 0 Å². The average Bonchev–Trinajstić information content (AvgIpc) is 4.00. The Bertz CT molecular complexity index is 3880. The highest BCUT2D eigenvalue weighted by Crippen LogP contribution is 2.59. The van der Waals surface area contributed by atoms with E-state index in [1.807, 2.05) is 0 Å². The molecule has 0 N–H and O–H groups in total. The Labute approximate surface area is 440 Å². The molecule has 2 aliphatic rings. The van der Waals surface area contributed by atoms with Crippen LogP contribution in [0.4, 0.5) is 17.1 Å². The van der Waals surface area contributed by atoms with Crippen LogP contribution < -0.4 is 4.90 Å². The van der Waals surface area contributed by atoms with Crippen LogP contribution in [0.15, 0.2) is 309 Å². The van der Waals surface area contributed by atoms with Gasteiger partial charge in [-0.1, -0.05) is 255 Å². The van der Waals surface area contributed by atoms with E-state index in [2.05, 4.69) is 314 Å². The second kappa shape index (κ2) is 18.2. The highest BCUT2D eigenvalue weighted by atomic mass is 15.1. The molecule has 2 aliphatic carbocycles. The van der Waals surface area contributed by atoms with Crippen LogP contribution in [0.1, 0.15) is 44.5 Å². The smallest absolute Gasteiger partial charge is 0.0714 e. The van der Waals surface area contributed by atoms with Gasteiger partial charge >= 0.3 is 0 Å². The maximum Gasteiger partial charge on any atom is 0.0714 e. The summed E-state index contributed by atoms with van der Waals surface area (Å²) in [4.78, 5) is 2.48. The fraction of sp³-hybridized carbons (Fsp3) is 0.0270. The van der Waals surface area contributed by atoms with Crippen molar-refractivity contribution in [1.29, 1.82) is 0 Å². The topological polar surface area (TPSA) is 3.24 Å². The number of anilines is 3. The fourth-order valence-corrected chi connectivity index (χ4v) is 12.8. The molecular formula is C74H51N. The lowest BCUT2D eigenvalue weighted by Gasteiger charge is -2.35. The van der Waals surface area contributed by atoms with Gasteiger partial charge < -0.3 is 4.90 Å². The molecule has 0 saturated carbocycles. The van der Waals surface area contributed by atoms with Gasteiger partial charge in [-0.2, -0.15) is 0 Å². The Balaban J connectivity index is 0.992. The maximum absolute atomic E-state index is 2.48. The molecular weight excluding hydrogens is 903 g/mol. The largest absolute Gasteiger partial charge is 0.310 e. The van der Waals surface area contributed by atoms with Gasteiger partial charge in [-0.3, -0.25) is 0 Å². The van der Waals surface area contributed by atoms with Crippen molar-refractivity contribution in [2.45, 2.75) is 10.8 Å². The van der Waals surface area contributed by atoms with Gasteiger partial charge in [-0.25, -0.2) is 0 Å². The summed E-state index contributed by atoms with van der Waals surface area (Å²) in [5, 5.41) is 0. The lowest BCUT2D eigenvalue weighted by atomic mass is 9.67. The Morgan fingerprint density at radius 2 is 0.507 bits per heavy atom. The van der Waals surface area contributed by atoms with E-state index < -0.39 is 10.8 Å². The van der Waals surface area contributed by atoms with Crippen LogP contribution in [0.3, 0.4) is 0 Å². The van der Waals surface area contributed by atoms with Gasteiger partial charge in [-0.05, 0) is 155 Å². The molecule has 12 aromatic carbocycles. The van der Waals surface area contributed by atoms with E-state index in [0.29, 0.717) is 0 Å². The molecule has 12 aromatic rings. The van der Waals surface area contributed by atoms with Crippen molar-refractivity contribution in [3.63, 3.8) is 0 Å². The Morgan fingerprint density at radius 1 is 0.187 bits per heavy atom. The summed E-state index contributed by atoms with van der Waals surface area (Å²) in [6, 6.07) is 115. The van der Waals surface area contributed by atoms with Crippen molar-refractivity contribution in [3.8, 4) is 55.6 Å². The van der Waals surface area contributed by atoms with Crippen LogP contribution in [0.5, 0.6) is 0 Å². The van der Waals surface area contributed by atoms with Gasteiger partial charge in [0.05, 0.1) is 10.8 Å². The van der Waals surface area contributed by atoms with Crippen molar-refractivity contribution in [3.05, 3.63) is 354 Å². The van der Waals surface area contributed by atoms with E-state index >= 15 is 0 Å². The lowest BCUT2D eigenvalue weighted by Crippen LogP contribution is -2.28. The molecule has 1 heteroatoms. The minimum absolute atomic E-state index is 0.503. The molecule has 0 amide bonds. The van der Waals surface area contributed by atoms with E-state index in [1.54, 1.807) is 0 Å². The third-order valence-electron chi connectivity index (χ3n) is 16.0. The molecule has 0 unspecified atom stereocenters. The van der Waals surface area contributed by atoms with Gasteiger partial charge in [-0.15, -0.1) is 0 Å². The van der Waals surface area contributed by atoms with Crippen molar-refractivity contribution in [1.82, 2.24) is 0 Å². The van der Waals surface area contributed by atoms with Crippen molar-refractivity contribution in [2.75, 3.05) is 4.90 Å². The minimum Gasteiger partial charge on any atom is -0.310 e. The van der Waals surface area contributed by atoms with E-state index in [1.165, 1.54) is 94.6 Å². The number of benzene rings is 12. The molecule has 0 spiro atoms. The second-order valence-corrected chi connectivity index (χ2v) is 19.9. The monoisotopic (exact) mass is 953 g/mol. The quantitative estimate of drug-likeness (QED) is 0.132. The highest BCUT2D eigenvalue weighted by Gasteiger charge is 2.48. The first kappa shape index (κ1) is 44.2. The molecule has 0 radical (unpaired) electrons. The zero-order chi connectivity index (χ0) is 49.8. The van der Waals surface area contributed by atoms with Crippen LogP contribution in [0.2, 0.25) is 0 Å². The first-order valence-electron chi connectivity index (χ1n) is 26.1. The summed E-state index contributed by atoms with van der Waals surface area (Å²) in [7, 11) is 0. The molecule has 14 rings (SSSR count). The van der Waals surface area contributed by atoms with Crippen LogP contribution in [0, 0.1) is 0 Å². The van der Waals surface area contributed by atoms with Crippen molar-refractivity contribution >= 4 is 17.1 Å². The molecule has 0 heterocycles. The Hall–Kier alpha value is -9.56. The molecule has 352 valence electrons. The minimum atomic E-state index is -0.554. The number of rotatable bonds is 10. The summed E-state index contributed by atoms with van der Waals surface area (Å²) in [5.41, 5.74) is 24.5. The van der Waals surface area contributed by atoms with E-state index in [4.69, 9.17) is 0 Å². The number of fused-ring (bicyclic) bond motifs is 6. The maximum atomic E-state index is 2.48. The summed E-state index contributed by atoms with van der Waals surface area (Å²) in [6.45, 7) is 0. The summed E-state index contributed by atoms with van der Waals surface area (Å²) < 4.78 is 0. The van der Waals surface area contributed by atoms with Crippen LogP contribution in [0.25, 0.3) is 55.6 Å². The molecule has 0 atom stereocenters. The first-order valence-corrected chi connectivity index (χ1v) is 26.1. The molecule has 75 heavy (non-hydrogen) atoms. The predicted octanol–water partition coefficient (Wildman–Crippen LogP) is 18.9. The van der Waals surface area contributed by atoms with E-state index in [-0.39, 0.29) is 0 Å². The lowest BCUT2D eigenvalue weighted by molar-refractivity contribution is 0.768. The number of hydrogen-bond donors (Lipinski definition) is 0. The fourth-order valence-electron chi connectivity index (χ4n) is 12.8. The predicted molar refractivity (Wildman–Crippen MR) is 312 cm³/mol. The number of nitrogens with zero attached hydrogens (tertiary/aromatic N) is 1. The molecule has 0 aliphatic heterocycles. The molecule has 1 nitrogen and oxygen atoms in total. The third kappa shape index (κ3) is 7.08. The van der Waals surface area contributed by atoms with Gasteiger partial charge in [0.2, 0.25) is 0 Å². The zero-order valence-electron chi connectivity index (χ0n) is 41.4. The Morgan fingerprint density at radius 3 is 0.973 bits per heavy atom. The van der Waals surface area contributed by atoms with Gasteiger partial charge in [0, 0.05) is 17.1 Å². The normalized spacial score (nSPS) is 13.3. The van der Waals surface area contributed by atoms with Gasteiger partial charge in [0.15, 0.2) is 0 Å². The summed E-state index contributed by atoms with van der Waals surface area (Å²) in [6.07, 6.45) is 0. The number of hydrogen-bond acceptors (Lipinski definition) is 1. The van der Waals surface area contributed by atoms with Crippen molar-refractivity contribution in [2.24, 2.45) is 0 Å².